The van der Waals surface area contributed by atoms with Gasteiger partial charge < -0.3 is 33.9 Å². The van der Waals surface area contributed by atoms with Gasteiger partial charge in [0.15, 0.2) is 4.90 Å². The van der Waals surface area contributed by atoms with Crippen molar-refractivity contribution >= 4 is 50.7 Å². The SMILES string of the molecule is C[C@@H](NS(=O)(=O)c1ccccc1[N+](=O)[O-])c1cccc(OCCCCCOCCCOCCOc2cccc(C(=O)c3cnc([C@@H]4CCCN4C(=O)[C@@H](NC(=O)[C@H](C)N(C)C(=O)OC(C)(C)C)C4CCCCC4)s3)c2)c1. The number of hydrogen-bond acceptors (Lipinski definition) is 15. The number of likely N-dealkylation sites (tertiary alicyclic amines) is 1. The molecule has 3 aromatic carbocycles. The van der Waals surface area contributed by atoms with Crippen molar-refractivity contribution in [3.63, 3.8) is 0 Å². The van der Waals surface area contributed by atoms with Crippen molar-refractivity contribution in [2.24, 2.45) is 5.92 Å². The molecular formula is C55H74N6O13S2. The Morgan fingerprint density at radius 3 is 2.24 bits per heavy atom. The van der Waals surface area contributed by atoms with Gasteiger partial charge in [-0.15, -0.1) is 11.3 Å². The van der Waals surface area contributed by atoms with E-state index in [1.807, 2.05) is 0 Å². The van der Waals surface area contributed by atoms with E-state index in [2.05, 4.69) is 15.0 Å². The zero-order valence-corrected chi connectivity index (χ0v) is 46.2. The number of ether oxygens (including phenoxy) is 5. The number of sulfonamides is 1. The Labute approximate surface area is 450 Å². The van der Waals surface area contributed by atoms with Crippen LogP contribution in [-0.2, 0) is 33.8 Å². The predicted molar refractivity (Wildman–Crippen MR) is 287 cm³/mol. The lowest BCUT2D eigenvalue weighted by atomic mass is 9.83. The van der Waals surface area contributed by atoms with E-state index in [-0.39, 0.29) is 23.7 Å². The summed E-state index contributed by atoms with van der Waals surface area (Å²) in [4.78, 5) is 73.1. The van der Waals surface area contributed by atoms with E-state index in [1.165, 1.54) is 41.5 Å². The maximum Gasteiger partial charge on any atom is 0.410 e. The number of carbonyl (C=O) groups is 4. The van der Waals surface area contributed by atoms with Gasteiger partial charge in [-0.1, -0.05) is 55.7 Å². The minimum Gasteiger partial charge on any atom is -0.494 e. The fraction of sp³-hybridized carbons (Fsp3) is 0.545. The first-order valence-electron chi connectivity index (χ1n) is 26.3. The van der Waals surface area contributed by atoms with Gasteiger partial charge in [-0.25, -0.2) is 22.9 Å². The van der Waals surface area contributed by atoms with Crippen molar-refractivity contribution in [2.45, 2.75) is 140 Å². The molecule has 1 saturated carbocycles. The van der Waals surface area contributed by atoms with Gasteiger partial charge in [-0.2, -0.15) is 0 Å². The lowest BCUT2D eigenvalue weighted by Crippen LogP contribution is -2.56. The lowest BCUT2D eigenvalue weighted by Gasteiger charge is -2.36. The summed E-state index contributed by atoms with van der Waals surface area (Å²) in [5, 5.41) is 15.1. The molecule has 2 fully saturated rings. The third-order valence-electron chi connectivity index (χ3n) is 13.3. The Bertz CT molecular complexity index is 2690. The fourth-order valence-corrected chi connectivity index (χ4v) is 11.5. The summed E-state index contributed by atoms with van der Waals surface area (Å²) >= 11 is 1.27. The molecule has 76 heavy (non-hydrogen) atoms. The van der Waals surface area contributed by atoms with Crippen LogP contribution >= 0.6 is 11.3 Å². The smallest absolute Gasteiger partial charge is 0.410 e. The van der Waals surface area contributed by atoms with Crippen LogP contribution in [0.5, 0.6) is 11.5 Å². The zero-order chi connectivity index (χ0) is 54.8. The maximum absolute atomic E-state index is 14.5. The molecule has 414 valence electrons. The number of nitrogens with one attached hydrogen (secondary N) is 2. The number of nitro benzene ring substituents is 1. The standard InChI is InChI=1S/C55H74N6O13S2/c1-38(58-76(68,69)48-27-12-11-25-45(48)61(66)67)41-21-15-23-43(35-41)72-32-14-8-13-29-70-30-18-31-71-33-34-73-44-24-16-22-42(36-44)50(62)47-37-56-52(75-47)46-26-17-28-60(46)53(64)49(40-19-9-7-10-20-40)57-51(63)39(2)59(6)54(65)74-55(3,4)5/h11-12,15-16,21-25,27,35-40,46,49,58H,7-10,13-14,17-20,26,28-34H2,1-6H3,(H,57,63)/t38-,39+,46+,49+/m1/s1. The second-order valence-corrected chi connectivity index (χ2v) is 23.0. The molecule has 0 spiro atoms. The van der Waals surface area contributed by atoms with Gasteiger partial charge in [0.1, 0.15) is 40.8 Å². The van der Waals surface area contributed by atoms with E-state index < -0.39 is 61.3 Å². The molecule has 2 N–H and O–H groups in total. The number of ketones is 1. The molecule has 0 radical (unpaired) electrons. The summed E-state index contributed by atoms with van der Waals surface area (Å²) in [6.45, 7) is 11.9. The number of hydrogen-bond donors (Lipinski definition) is 2. The lowest BCUT2D eigenvalue weighted by molar-refractivity contribution is -0.387. The highest BCUT2D eigenvalue weighted by molar-refractivity contribution is 7.89. The molecule has 2 aliphatic rings. The number of nitrogens with zero attached hydrogens (tertiary/aromatic N) is 4. The summed E-state index contributed by atoms with van der Waals surface area (Å²) in [5.74, 6) is 0.296. The highest BCUT2D eigenvalue weighted by Gasteiger charge is 2.41. The number of unbranched alkanes of at least 4 members (excludes halogenated alkanes) is 2. The summed E-state index contributed by atoms with van der Waals surface area (Å²) in [7, 11) is -2.64. The van der Waals surface area contributed by atoms with Gasteiger partial charge in [-0.05, 0) is 128 Å². The molecule has 1 aliphatic heterocycles. The molecule has 19 nitrogen and oxygen atoms in total. The van der Waals surface area contributed by atoms with Gasteiger partial charge in [0.05, 0.1) is 29.1 Å². The Morgan fingerprint density at radius 2 is 1.50 bits per heavy atom. The minimum absolute atomic E-state index is 0.0400. The van der Waals surface area contributed by atoms with Gasteiger partial charge in [0, 0.05) is 57.3 Å². The van der Waals surface area contributed by atoms with E-state index in [9.17, 15) is 37.7 Å². The molecule has 0 unspecified atom stereocenters. The van der Waals surface area contributed by atoms with Crippen LogP contribution in [0.25, 0.3) is 0 Å². The van der Waals surface area contributed by atoms with Crippen LogP contribution in [-0.4, -0.2) is 123 Å². The first-order valence-corrected chi connectivity index (χ1v) is 28.6. The van der Waals surface area contributed by atoms with Crippen LogP contribution < -0.4 is 19.5 Å². The van der Waals surface area contributed by atoms with Crippen LogP contribution in [0.3, 0.4) is 0 Å². The molecule has 3 amide bonds. The van der Waals surface area contributed by atoms with Crippen LogP contribution in [0.15, 0.2) is 83.9 Å². The highest BCUT2D eigenvalue weighted by Crippen LogP contribution is 2.37. The van der Waals surface area contributed by atoms with Gasteiger partial charge in [0.25, 0.3) is 5.69 Å². The van der Waals surface area contributed by atoms with Crippen molar-refractivity contribution in [2.75, 3.05) is 53.2 Å². The number of aromatic nitrogens is 1. The molecule has 21 heteroatoms. The number of benzene rings is 3. The number of thiazole rings is 1. The van der Waals surface area contributed by atoms with Gasteiger partial charge >= 0.3 is 6.09 Å². The van der Waals surface area contributed by atoms with Crippen LogP contribution in [0, 0.1) is 16.0 Å². The van der Waals surface area contributed by atoms with E-state index in [0.717, 1.165) is 70.3 Å². The fourth-order valence-electron chi connectivity index (χ4n) is 9.10. The molecular weight excluding hydrogens is 1020 g/mol. The number of rotatable bonds is 28. The normalized spacial score (nSPS) is 16.3. The van der Waals surface area contributed by atoms with E-state index >= 15 is 0 Å². The van der Waals surface area contributed by atoms with Crippen molar-refractivity contribution in [1.82, 2.24) is 24.8 Å². The van der Waals surface area contributed by atoms with E-state index in [1.54, 1.807) is 94.2 Å². The number of likely N-dealkylation sites (N-methyl/N-ethyl adjacent to an activating group) is 1. The average Bonchev–Trinajstić information content (AvgIpc) is 4.11. The number of carbonyl (C=O) groups excluding carboxylic acids is 4. The van der Waals surface area contributed by atoms with Gasteiger partial charge in [-0.3, -0.25) is 29.4 Å². The number of amides is 3. The average molecular weight is 1090 g/mol. The second kappa shape index (κ2) is 28.4. The van der Waals surface area contributed by atoms with Crippen molar-refractivity contribution in [3.05, 3.63) is 110 Å². The largest absolute Gasteiger partial charge is 0.494 e. The summed E-state index contributed by atoms with van der Waals surface area (Å²) in [6.07, 6.45) is 10.3. The Morgan fingerprint density at radius 1 is 0.829 bits per heavy atom. The maximum atomic E-state index is 14.5. The Balaban J connectivity index is 0.861. The zero-order valence-electron chi connectivity index (χ0n) is 44.5. The summed E-state index contributed by atoms with van der Waals surface area (Å²) in [6, 6.07) is 16.7. The molecule has 1 aliphatic carbocycles. The molecule has 1 aromatic heterocycles. The molecule has 0 bridgehead atoms. The van der Waals surface area contributed by atoms with Crippen molar-refractivity contribution < 1.29 is 56.2 Å². The highest BCUT2D eigenvalue weighted by atomic mass is 32.2. The quantitative estimate of drug-likeness (QED) is 0.0233. The van der Waals surface area contributed by atoms with Crippen LogP contribution in [0.4, 0.5) is 10.5 Å². The number of nitro groups is 1. The molecule has 4 atom stereocenters. The molecule has 4 aromatic rings. The van der Waals surface area contributed by atoms with Gasteiger partial charge in [0.2, 0.25) is 27.6 Å². The Kier molecular flexibility index (Phi) is 22.1. The first-order chi connectivity index (χ1) is 36.3. The predicted octanol–water partition coefficient (Wildman–Crippen LogP) is 9.36. The molecule has 1 saturated heterocycles. The monoisotopic (exact) mass is 1090 g/mol. The first kappa shape index (κ1) is 59.2. The second-order valence-electron chi connectivity index (χ2n) is 20.2. The van der Waals surface area contributed by atoms with E-state index in [0.29, 0.717) is 85.1 Å². The van der Waals surface area contributed by atoms with Crippen LogP contribution in [0.2, 0.25) is 0 Å². The third-order valence-corrected chi connectivity index (χ3v) is 16.0. The summed E-state index contributed by atoms with van der Waals surface area (Å²) in [5.41, 5.74) is -0.113. The molecule has 6 rings (SSSR count). The third kappa shape index (κ3) is 17.3. The van der Waals surface area contributed by atoms with Crippen molar-refractivity contribution in [1.29, 1.82) is 0 Å². The topological polar surface area (TPSA) is 235 Å². The van der Waals surface area contributed by atoms with E-state index in [4.69, 9.17) is 23.7 Å². The van der Waals surface area contributed by atoms with Crippen LogP contribution in [0.1, 0.15) is 143 Å². The minimum atomic E-state index is -4.16. The van der Waals surface area contributed by atoms with Crippen molar-refractivity contribution in [3.8, 4) is 11.5 Å². The molecule has 2 heterocycles. The Hall–Kier alpha value is -6.00. The number of para-hydroxylation sites is 1. The summed E-state index contributed by atoms with van der Waals surface area (Å²) < 4.78 is 57.3.